The molecular weight excluding hydrogens is 330 g/mol. The van der Waals surface area contributed by atoms with Crippen molar-refractivity contribution < 1.29 is 23.3 Å². The normalized spacial score (nSPS) is 13.2. The summed E-state index contributed by atoms with van der Waals surface area (Å²) in [6, 6.07) is 10.2. The van der Waals surface area contributed by atoms with Crippen LogP contribution in [0.4, 0.5) is 5.69 Å². The molecular formula is C17H19NO5S. The maximum Gasteiger partial charge on any atom is 0.371 e. The maximum atomic E-state index is 12.3. The van der Waals surface area contributed by atoms with E-state index in [9.17, 15) is 13.8 Å². The number of rotatable bonds is 7. The molecule has 128 valence electrons. The Morgan fingerprint density at radius 2 is 1.88 bits per heavy atom. The summed E-state index contributed by atoms with van der Waals surface area (Å²) in [7, 11) is -1.52. The summed E-state index contributed by atoms with van der Waals surface area (Å²) in [4.78, 5) is 22.9. The van der Waals surface area contributed by atoms with E-state index in [0.29, 0.717) is 5.69 Å². The molecule has 0 spiro atoms. The molecule has 2 atom stereocenters. The Morgan fingerprint density at radius 3 is 2.42 bits per heavy atom. The van der Waals surface area contributed by atoms with E-state index in [1.807, 2.05) is 19.1 Å². The van der Waals surface area contributed by atoms with Crippen molar-refractivity contribution in [3.63, 3.8) is 0 Å². The summed E-state index contributed by atoms with van der Waals surface area (Å²) in [5.41, 5.74) is 1.81. The maximum absolute atomic E-state index is 12.3. The monoisotopic (exact) mass is 349 g/mol. The number of carbonyl (C=O) groups excluding carboxylic acids is 1. The van der Waals surface area contributed by atoms with Gasteiger partial charge in [0.25, 0.3) is 0 Å². The largest absolute Gasteiger partial charge is 0.475 e. The van der Waals surface area contributed by atoms with Crippen LogP contribution in [-0.2, 0) is 27.8 Å². The van der Waals surface area contributed by atoms with E-state index in [-0.39, 0.29) is 23.2 Å². The van der Waals surface area contributed by atoms with Crippen molar-refractivity contribution in [1.29, 1.82) is 0 Å². The molecule has 0 aliphatic rings. The molecule has 0 bridgehead atoms. The first-order valence-corrected chi connectivity index (χ1v) is 8.88. The molecule has 0 aliphatic heterocycles. The average molecular weight is 349 g/mol. The third-order valence-corrected chi connectivity index (χ3v) is 5.12. The van der Waals surface area contributed by atoms with E-state index in [4.69, 9.17) is 9.52 Å². The van der Waals surface area contributed by atoms with Crippen LogP contribution in [0.15, 0.2) is 40.8 Å². The van der Waals surface area contributed by atoms with Gasteiger partial charge >= 0.3 is 5.97 Å². The van der Waals surface area contributed by atoms with Crippen molar-refractivity contribution in [3.05, 3.63) is 53.5 Å². The molecule has 2 unspecified atom stereocenters. The third kappa shape index (κ3) is 4.55. The number of nitrogens with one attached hydrogen (secondary N) is 1. The van der Waals surface area contributed by atoms with Gasteiger partial charge in [0.15, 0.2) is 0 Å². The van der Waals surface area contributed by atoms with Crippen molar-refractivity contribution in [1.82, 2.24) is 0 Å². The van der Waals surface area contributed by atoms with Gasteiger partial charge in [-0.05, 0) is 43.2 Å². The van der Waals surface area contributed by atoms with Gasteiger partial charge in [0, 0.05) is 16.5 Å². The zero-order valence-corrected chi connectivity index (χ0v) is 14.3. The summed E-state index contributed by atoms with van der Waals surface area (Å²) >= 11 is 0. The van der Waals surface area contributed by atoms with Gasteiger partial charge in [-0.25, -0.2) is 4.79 Å². The number of aryl methyl sites for hydroxylation is 1. The first-order chi connectivity index (χ1) is 11.4. The van der Waals surface area contributed by atoms with Gasteiger partial charge in [0.2, 0.25) is 11.7 Å². The highest BCUT2D eigenvalue weighted by atomic mass is 32.2. The fraction of sp³-hybridized carbons (Fsp3) is 0.294. The Balaban J connectivity index is 1.95. The van der Waals surface area contributed by atoms with Gasteiger partial charge in [-0.15, -0.1) is 0 Å². The molecule has 7 heteroatoms. The van der Waals surface area contributed by atoms with E-state index in [2.05, 4.69) is 5.32 Å². The zero-order chi connectivity index (χ0) is 17.7. The SMILES string of the molecule is CCc1ccc(NC(=O)C(C)S(=O)Cc2ccc(C(=O)O)o2)cc1. The predicted molar refractivity (Wildman–Crippen MR) is 91.4 cm³/mol. The molecule has 0 aliphatic carbocycles. The van der Waals surface area contributed by atoms with Crippen molar-refractivity contribution in [2.45, 2.75) is 31.3 Å². The standard InChI is InChI=1S/C17H19NO5S/c1-3-12-4-6-13(7-5-12)18-16(19)11(2)24(22)10-14-8-9-15(23-14)17(20)21/h4-9,11H,3,10H2,1-2H3,(H,18,19)(H,20,21). The van der Waals surface area contributed by atoms with Gasteiger partial charge < -0.3 is 14.8 Å². The fourth-order valence-electron chi connectivity index (χ4n) is 2.02. The lowest BCUT2D eigenvalue weighted by Gasteiger charge is -2.12. The van der Waals surface area contributed by atoms with E-state index in [1.165, 1.54) is 12.1 Å². The number of carboxylic acids is 1. The Bertz CT molecular complexity index is 751. The van der Waals surface area contributed by atoms with E-state index < -0.39 is 22.0 Å². The number of hydrogen-bond acceptors (Lipinski definition) is 4. The van der Waals surface area contributed by atoms with Crippen LogP contribution in [0, 0.1) is 0 Å². The van der Waals surface area contributed by atoms with Gasteiger partial charge in [-0.2, -0.15) is 0 Å². The van der Waals surface area contributed by atoms with Crippen LogP contribution in [0.3, 0.4) is 0 Å². The number of carboxylic acid groups (broad SMARTS) is 1. The van der Waals surface area contributed by atoms with Crippen LogP contribution in [-0.4, -0.2) is 26.4 Å². The topological polar surface area (TPSA) is 96.6 Å². The van der Waals surface area contributed by atoms with Gasteiger partial charge in [0.05, 0.1) is 5.75 Å². The molecule has 24 heavy (non-hydrogen) atoms. The number of hydrogen-bond donors (Lipinski definition) is 2. The van der Waals surface area contributed by atoms with Crippen molar-refractivity contribution in [3.8, 4) is 0 Å². The summed E-state index contributed by atoms with van der Waals surface area (Å²) in [6.07, 6.45) is 0.913. The molecule has 2 aromatic rings. The average Bonchev–Trinajstić information content (AvgIpc) is 3.03. The smallest absolute Gasteiger partial charge is 0.371 e. The van der Waals surface area contributed by atoms with Crippen molar-refractivity contribution >= 4 is 28.4 Å². The lowest BCUT2D eigenvalue weighted by molar-refractivity contribution is -0.115. The molecule has 1 heterocycles. The first-order valence-electron chi connectivity index (χ1n) is 7.49. The highest BCUT2D eigenvalue weighted by Gasteiger charge is 2.22. The molecule has 1 aromatic carbocycles. The lowest BCUT2D eigenvalue weighted by Crippen LogP contribution is -2.29. The van der Waals surface area contributed by atoms with Gasteiger partial charge in [0.1, 0.15) is 11.0 Å². The van der Waals surface area contributed by atoms with Crippen LogP contribution in [0.5, 0.6) is 0 Å². The van der Waals surface area contributed by atoms with Gasteiger partial charge in [-0.1, -0.05) is 19.1 Å². The van der Waals surface area contributed by atoms with Crippen molar-refractivity contribution in [2.24, 2.45) is 0 Å². The number of furan rings is 1. The van der Waals surface area contributed by atoms with Crippen molar-refractivity contribution in [2.75, 3.05) is 5.32 Å². The number of amides is 1. The van der Waals surface area contributed by atoms with Crippen LogP contribution < -0.4 is 5.32 Å². The molecule has 6 nitrogen and oxygen atoms in total. The van der Waals surface area contributed by atoms with Crippen LogP contribution in [0.25, 0.3) is 0 Å². The summed E-state index contributed by atoms with van der Waals surface area (Å²) < 4.78 is 17.3. The van der Waals surface area contributed by atoms with Crippen LogP contribution in [0.1, 0.15) is 35.7 Å². The quantitative estimate of drug-likeness (QED) is 0.801. The van der Waals surface area contributed by atoms with Crippen LogP contribution >= 0.6 is 0 Å². The lowest BCUT2D eigenvalue weighted by atomic mass is 10.1. The number of benzene rings is 1. The first kappa shape index (κ1) is 17.9. The molecule has 0 radical (unpaired) electrons. The molecule has 0 fully saturated rings. The third-order valence-electron chi connectivity index (χ3n) is 3.55. The molecule has 0 saturated heterocycles. The second-order valence-electron chi connectivity index (χ2n) is 5.28. The second kappa shape index (κ2) is 7.92. The van der Waals surface area contributed by atoms with Gasteiger partial charge in [-0.3, -0.25) is 9.00 Å². The Kier molecular flexibility index (Phi) is 5.92. The second-order valence-corrected chi connectivity index (χ2v) is 7.04. The minimum Gasteiger partial charge on any atom is -0.475 e. The highest BCUT2D eigenvalue weighted by Crippen LogP contribution is 2.15. The van der Waals surface area contributed by atoms with E-state index in [0.717, 1.165) is 12.0 Å². The zero-order valence-electron chi connectivity index (χ0n) is 13.4. The van der Waals surface area contributed by atoms with E-state index in [1.54, 1.807) is 19.1 Å². The summed E-state index contributed by atoms with van der Waals surface area (Å²) in [5, 5.41) is 10.8. The Morgan fingerprint density at radius 1 is 1.21 bits per heavy atom. The Labute approximate surface area is 142 Å². The molecule has 2 rings (SSSR count). The predicted octanol–water partition coefficient (Wildman–Crippen LogP) is 2.82. The summed E-state index contributed by atoms with van der Waals surface area (Å²) in [5.74, 6) is -1.50. The highest BCUT2D eigenvalue weighted by molar-refractivity contribution is 7.85. The summed E-state index contributed by atoms with van der Waals surface area (Å²) in [6.45, 7) is 3.61. The number of aromatic carboxylic acids is 1. The molecule has 1 aromatic heterocycles. The molecule has 1 amide bonds. The minimum atomic E-state index is -1.52. The minimum absolute atomic E-state index is 0.0172. The molecule has 2 N–H and O–H groups in total. The van der Waals surface area contributed by atoms with Crippen LogP contribution in [0.2, 0.25) is 0 Å². The van der Waals surface area contributed by atoms with E-state index >= 15 is 0 Å². The number of anilines is 1. The number of carbonyl (C=O) groups is 2. The fourth-order valence-corrected chi connectivity index (χ4v) is 3.01. The Hall–Kier alpha value is -2.41. The molecule has 0 saturated carbocycles.